The smallest absolute Gasteiger partial charge is 0.416 e. The van der Waals surface area contributed by atoms with E-state index in [1.54, 1.807) is 12.1 Å². The Bertz CT molecular complexity index is 1440. The number of benzene rings is 4. The fraction of sp³-hybridized carbons (Fsp3) is 0.111. The van der Waals surface area contributed by atoms with Crippen molar-refractivity contribution in [3.63, 3.8) is 0 Å². The SMILES string of the molecule is COc1cc(/C=N\NC(=O)c2cccc(C(F)(F)F)c2)cc(Cl)c1OCc1ccc2ccccc2c1. The lowest BCUT2D eigenvalue weighted by Crippen LogP contribution is -2.18. The molecule has 0 radical (unpaired) electrons. The molecule has 0 aliphatic heterocycles. The summed E-state index contributed by atoms with van der Waals surface area (Å²) in [7, 11) is 1.46. The Morgan fingerprint density at radius 3 is 2.53 bits per heavy atom. The molecule has 0 aromatic heterocycles. The van der Waals surface area contributed by atoms with E-state index in [1.165, 1.54) is 19.4 Å². The Kier molecular flexibility index (Phi) is 7.45. The number of methoxy groups -OCH3 is 1. The van der Waals surface area contributed by atoms with E-state index in [0.29, 0.717) is 17.1 Å². The third-order valence-corrected chi connectivity index (χ3v) is 5.56. The topological polar surface area (TPSA) is 59.9 Å². The summed E-state index contributed by atoms with van der Waals surface area (Å²) in [5, 5.41) is 6.30. The van der Waals surface area contributed by atoms with E-state index in [0.717, 1.165) is 34.5 Å². The van der Waals surface area contributed by atoms with Gasteiger partial charge in [0.2, 0.25) is 0 Å². The van der Waals surface area contributed by atoms with Crippen LogP contribution in [0.2, 0.25) is 5.02 Å². The summed E-state index contributed by atoms with van der Waals surface area (Å²) in [5.41, 5.74) is 2.55. The third-order valence-electron chi connectivity index (χ3n) is 5.28. The zero-order chi connectivity index (χ0) is 25.7. The van der Waals surface area contributed by atoms with Gasteiger partial charge >= 0.3 is 6.18 Å². The number of hydrazone groups is 1. The van der Waals surface area contributed by atoms with Crippen LogP contribution in [0.4, 0.5) is 13.2 Å². The summed E-state index contributed by atoms with van der Waals surface area (Å²) in [5.74, 6) is -0.0860. The number of hydrogen-bond donors (Lipinski definition) is 1. The molecule has 5 nitrogen and oxygen atoms in total. The minimum absolute atomic E-state index is 0.171. The summed E-state index contributed by atoms with van der Waals surface area (Å²) < 4.78 is 49.9. The molecule has 9 heteroatoms. The largest absolute Gasteiger partial charge is 0.493 e. The van der Waals surface area contributed by atoms with Gasteiger partial charge in [-0.15, -0.1) is 0 Å². The normalized spacial score (nSPS) is 11.6. The molecule has 36 heavy (non-hydrogen) atoms. The van der Waals surface area contributed by atoms with Crippen LogP contribution in [0.5, 0.6) is 11.5 Å². The molecule has 4 rings (SSSR count). The van der Waals surface area contributed by atoms with Gasteiger partial charge in [-0.25, -0.2) is 5.43 Å². The Morgan fingerprint density at radius 1 is 1.00 bits per heavy atom. The molecule has 4 aromatic carbocycles. The molecule has 184 valence electrons. The highest BCUT2D eigenvalue weighted by atomic mass is 35.5. The van der Waals surface area contributed by atoms with Gasteiger partial charge < -0.3 is 9.47 Å². The van der Waals surface area contributed by atoms with Gasteiger partial charge in [0.1, 0.15) is 6.61 Å². The first-order chi connectivity index (χ1) is 17.2. The minimum atomic E-state index is -4.55. The molecule has 0 unspecified atom stereocenters. The standard InChI is InChI=1S/C27H20ClF3N2O3/c1-35-24-13-18(15-32-33-26(34)21-7-4-8-22(14-21)27(29,30)31)12-23(28)25(24)36-16-17-9-10-19-5-2-3-6-20(19)11-17/h2-15H,16H2,1H3,(H,33,34)/b32-15-. The van der Waals surface area contributed by atoms with Crippen LogP contribution in [0.3, 0.4) is 0 Å². The van der Waals surface area contributed by atoms with Gasteiger partial charge in [0.05, 0.1) is 23.9 Å². The van der Waals surface area contributed by atoms with Gasteiger partial charge in [0, 0.05) is 5.56 Å². The highest BCUT2D eigenvalue weighted by Crippen LogP contribution is 2.37. The molecule has 0 spiro atoms. The van der Waals surface area contributed by atoms with Crippen LogP contribution in [-0.4, -0.2) is 19.2 Å². The second-order valence-corrected chi connectivity index (χ2v) is 8.19. The molecule has 0 aliphatic carbocycles. The number of ether oxygens (including phenoxy) is 2. The quantitative estimate of drug-likeness (QED) is 0.217. The molecule has 0 saturated carbocycles. The predicted octanol–water partition coefficient (Wildman–Crippen LogP) is 6.86. The number of hydrogen-bond acceptors (Lipinski definition) is 4. The van der Waals surface area contributed by atoms with Gasteiger partial charge in [-0.2, -0.15) is 18.3 Å². The average molecular weight is 513 g/mol. The van der Waals surface area contributed by atoms with Crippen LogP contribution < -0.4 is 14.9 Å². The van der Waals surface area contributed by atoms with Crippen molar-refractivity contribution < 1.29 is 27.4 Å². The molecule has 0 heterocycles. The predicted molar refractivity (Wildman–Crippen MR) is 133 cm³/mol. The third kappa shape index (κ3) is 5.95. The maximum Gasteiger partial charge on any atom is 0.416 e. The van der Waals surface area contributed by atoms with E-state index in [4.69, 9.17) is 21.1 Å². The van der Waals surface area contributed by atoms with Gasteiger partial charge in [0.25, 0.3) is 5.91 Å². The maximum absolute atomic E-state index is 12.9. The number of nitrogens with one attached hydrogen (secondary N) is 1. The van der Waals surface area contributed by atoms with E-state index >= 15 is 0 Å². The minimum Gasteiger partial charge on any atom is -0.493 e. The van der Waals surface area contributed by atoms with E-state index in [2.05, 4.69) is 10.5 Å². The van der Waals surface area contributed by atoms with E-state index in [-0.39, 0.29) is 17.2 Å². The van der Waals surface area contributed by atoms with Gasteiger partial charge in [-0.05, 0) is 58.3 Å². The number of rotatable bonds is 7. The fourth-order valence-electron chi connectivity index (χ4n) is 3.51. The second kappa shape index (κ2) is 10.7. The number of alkyl halides is 3. The highest BCUT2D eigenvalue weighted by Gasteiger charge is 2.30. The molecule has 0 fully saturated rings. The van der Waals surface area contributed by atoms with Gasteiger partial charge in [0.15, 0.2) is 11.5 Å². The first-order valence-corrected chi connectivity index (χ1v) is 11.1. The van der Waals surface area contributed by atoms with E-state index in [9.17, 15) is 18.0 Å². The summed E-state index contributed by atoms with van der Waals surface area (Å²) in [6.45, 7) is 0.265. The highest BCUT2D eigenvalue weighted by molar-refractivity contribution is 6.32. The number of halogens is 4. The van der Waals surface area contributed by atoms with Crippen molar-refractivity contribution in [3.05, 3.63) is 106 Å². The van der Waals surface area contributed by atoms with Crippen LogP contribution in [0.15, 0.2) is 84.0 Å². The molecule has 4 aromatic rings. The number of amides is 1. The monoisotopic (exact) mass is 512 g/mol. The molecule has 0 saturated heterocycles. The zero-order valence-electron chi connectivity index (χ0n) is 19.0. The molecule has 1 amide bonds. The molecule has 1 N–H and O–H groups in total. The lowest BCUT2D eigenvalue weighted by Gasteiger charge is -2.13. The molecular weight excluding hydrogens is 493 g/mol. The molecule has 0 atom stereocenters. The molecular formula is C27H20ClF3N2O3. The van der Waals surface area contributed by atoms with Crippen LogP contribution in [-0.2, 0) is 12.8 Å². The van der Waals surface area contributed by atoms with Crippen molar-refractivity contribution in [2.75, 3.05) is 7.11 Å². The Balaban J connectivity index is 1.44. The van der Waals surface area contributed by atoms with Crippen LogP contribution >= 0.6 is 11.6 Å². The van der Waals surface area contributed by atoms with Crippen LogP contribution in [0, 0.1) is 0 Å². The lowest BCUT2D eigenvalue weighted by atomic mass is 10.1. The maximum atomic E-state index is 12.9. The first-order valence-electron chi connectivity index (χ1n) is 10.7. The van der Waals surface area contributed by atoms with Gasteiger partial charge in [-0.3, -0.25) is 4.79 Å². The number of carbonyl (C=O) groups is 1. The van der Waals surface area contributed by atoms with Crippen molar-refractivity contribution >= 4 is 34.5 Å². The summed E-state index contributed by atoms with van der Waals surface area (Å²) >= 11 is 6.41. The van der Waals surface area contributed by atoms with Crippen molar-refractivity contribution in [1.82, 2.24) is 5.43 Å². The van der Waals surface area contributed by atoms with Crippen molar-refractivity contribution in [2.24, 2.45) is 5.10 Å². The Morgan fingerprint density at radius 2 is 1.78 bits per heavy atom. The summed E-state index contributed by atoms with van der Waals surface area (Å²) in [4.78, 5) is 12.2. The van der Waals surface area contributed by atoms with Crippen LogP contribution in [0.25, 0.3) is 10.8 Å². The summed E-state index contributed by atoms with van der Waals surface area (Å²) in [6.07, 6.45) is -3.25. The van der Waals surface area contributed by atoms with Crippen molar-refractivity contribution in [2.45, 2.75) is 12.8 Å². The number of fused-ring (bicyclic) bond motifs is 1. The van der Waals surface area contributed by atoms with E-state index < -0.39 is 17.6 Å². The second-order valence-electron chi connectivity index (χ2n) is 7.78. The average Bonchev–Trinajstić information content (AvgIpc) is 2.87. The molecule has 0 bridgehead atoms. The van der Waals surface area contributed by atoms with Crippen molar-refractivity contribution in [1.29, 1.82) is 0 Å². The van der Waals surface area contributed by atoms with Crippen LogP contribution in [0.1, 0.15) is 27.0 Å². The zero-order valence-corrected chi connectivity index (χ0v) is 19.7. The fourth-order valence-corrected chi connectivity index (χ4v) is 3.78. The Labute approximate surface area is 210 Å². The molecule has 0 aliphatic rings. The lowest BCUT2D eigenvalue weighted by molar-refractivity contribution is -0.137. The Hall–Kier alpha value is -4.04. The van der Waals surface area contributed by atoms with E-state index in [1.807, 2.05) is 42.5 Å². The number of nitrogens with zero attached hydrogens (tertiary/aromatic N) is 1. The first kappa shape index (κ1) is 25.1. The van der Waals surface area contributed by atoms with Crippen molar-refractivity contribution in [3.8, 4) is 11.5 Å². The van der Waals surface area contributed by atoms with Gasteiger partial charge in [-0.1, -0.05) is 54.1 Å². The number of carbonyl (C=O) groups excluding carboxylic acids is 1. The summed E-state index contributed by atoms with van der Waals surface area (Å²) in [6, 6.07) is 21.3.